The molecule has 1 aromatic heterocycles. The molecule has 2 aromatic rings. The van der Waals surface area contributed by atoms with Crippen LogP contribution in [0.25, 0.3) is 11.1 Å². The predicted octanol–water partition coefficient (Wildman–Crippen LogP) is 3.47. The van der Waals surface area contributed by atoms with Gasteiger partial charge in [0, 0.05) is 11.3 Å². The molecule has 0 unspecified atom stereocenters. The van der Waals surface area contributed by atoms with Crippen molar-refractivity contribution < 1.29 is 4.74 Å². The van der Waals surface area contributed by atoms with Crippen molar-refractivity contribution in [2.45, 2.75) is 27.2 Å². The molecule has 0 aliphatic heterocycles. The van der Waals surface area contributed by atoms with E-state index < -0.39 is 0 Å². The lowest BCUT2D eigenvalue weighted by Gasteiger charge is -2.14. The minimum absolute atomic E-state index is 0.295. The average Bonchev–Trinajstić information content (AvgIpc) is 2.50. The highest BCUT2D eigenvalue weighted by molar-refractivity contribution is 5.79. The van der Waals surface area contributed by atoms with Crippen molar-refractivity contribution in [3.63, 3.8) is 0 Å². The summed E-state index contributed by atoms with van der Waals surface area (Å²) in [6.45, 7) is 6.59. The van der Waals surface area contributed by atoms with E-state index in [0.29, 0.717) is 18.0 Å². The number of pyridine rings is 1. The fourth-order valence-corrected chi connectivity index (χ4v) is 2.45. The zero-order chi connectivity index (χ0) is 15.4. The van der Waals surface area contributed by atoms with Crippen molar-refractivity contribution in [3.05, 3.63) is 41.1 Å². The molecule has 0 bridgehead atoms. The van der Waals surface area contributed by atoms with Gasteiger partial charge in [0.1, 0.15) is 23.2 Å². The molecule has 2 N–H and O–H groups in total. The van der Waals surface area contributed by atoms with Crippen LogP contribution in [0.4, 0.5) is 5.82 Å². The molecule has 4 heteroatoms. The molecule has 0 amide bonds. The predicted molar refractivity (Wildman–Crippen MR) is 84.1 cm³/mol. The highest BCUT2D eigenvalue weighted by Crippen LogP contribution is 2.32. The first-order chi connectivity index (χ1) is 10.1. The van der Waals surface area contributed by atoms with Gasteiger partial charge in [0.15, 0.2) is 0 Å². The number of aryl methyl sites for hydroxylation is 1. The maximum absolute atomic E-state index is 9.39. The van der Waals surface area contributed by atoms with Crippen LogP contribution in [0.3, 0.4) is 0 Å². The topological polar surface area (TPSA) is 71.9 Å². The SMILES string of the molecule is CCOc1ccc(-c2c(C)c(CC)nc(N)c2C#N)cc1. The molecule has 0 saturated heterocycles. The number of nitrogens with zero attached hydrogens (tertiary/aromatic N) is 2. The first kappa shape index (κ1) is 14.9. The van der Waals surface area contributed by atoms with E-state index >= 15 is 0 Å². The zero-order valence-corrected chi connectivity index (χ0v) is 12.6. The van der Waals surface area contributed by atoms with Gasteiger partial charge in [-0.05, 0) is 43.5 Å². The van der Waals surface area contributed by atoms with Crippen molar-refractivity contribution in [2.24, 2.45) is 0 Å². The standard InChI is InChI=1S/C17H19N3O/c1-4-15-11(3)16(14(10-18)17(19)20-15)12-6-8-13(9-7-12)21-5-2/h6-9H,4-5H2,1-3H3,(H2,19,20). The molecule has 108 valence electrons. The number of nitrogen functional groups attached to an aromatic ring is 1. The van der Waals surface area contributed by atoms with Crippen LogP contribution in [0.5, 0.6) is 5.75 Å². The fraction of sp³-hybridized carbons (Fsp3) is 0.294. The summed E-state index contributed by atoms with van der Waals surface area (Å²) >= 11 is 0. The molecule has 1 aromatic carbocycles. The lowest BCUT2D eigenvalue weighted by atomic mass is 9.94. The third-order valence-corrected chi connectivity index (χ3v) is 3.47. The number of nitrogens with two attached hydrogens (primary N) is 1. The number of hydrogen-bond donors (Lipinski definition) is 1. The number of anilines is 1. The van der Waals surface area contributed by atoms with Gasteiger partial charge in [-0.25, -0.2) is 4.98 Å². The fourth-order valence-electron chi connectivity index (χ4n) is 2.45. The molecule has 0 radical (unpaired) electrons. The van der Waals surface area contributed by atoms with E-state index in [2.05, 4.69) is 11.1 Å². The molecule has 4 nitrogen and oxygen atoms in total. The van der Waals surface area contributed by atoms with Gasteiger partial charge in [0.2, 0.25) is 0 Å². The van der Waals surface area contributed by atoms with E-state index in [9.17, 15) is 5.26 Å². The van der Waals surface area contributed by atoms with Gasteiger partial charge in [0.05, 0.1) is 6.61 Å². The monoisotopic (exact) mass is 281 g/mol. The first-order valence-corrected chi connectivity index (χ1v) is 7.04. The molecule has 0 atom stereocenters. The largest absolute Gasteiger partial charge is 0.494 e. The van der Waals surface area contributed by atoms with Crippen molar-refractivity contribution in [1.82, 2.24) is 4.98 Å². The summed E-state index contributed by atoms with van der Waals surface area (Å²) in [6, 6.07) is 9.89. The number of rotatable bonds is 4. The van der Waals surface area contributed by atoms with Crippen LogP contribution in [0, 0.1) is 18.3 Å². The van der Waals surface area contributed by atoms with Gasteiger partial charge in [-0.2, -0.15) is 5.26 Å². The number of aromatic nitrogens is 1. The summed E-state index contributed by atoms with van der Waals surface area (Å²) in [4.78, 5) is 4.33. The molecule has 21 heavy (non-hydrogen) atoms. The van der Waals surface area contributed by atoms with Crippen LogP contribution in [-0.2, 0) is 6.42 Å². The smallest absolute Gasteiger partial charge is 0.142 e. The van der Waals surface area contributed by atoms with Crippen LogP contribution in [0.15, 0.2) is 24.3 Å². The first-order valence-electron chi connectivity index (χ1n) is 7.04. The second kappa shape index (κ2) is 6.27. The van der Waals surface area contributed by atoms with Crippen molar-refractivity contribution in [1.29, 1.82) is 5.26 Å². The summed E-state index contributed by atoms with van der Waals surface area (Å²) in [6.07, 6.45) is 0.784. The minimum atomic E-state index is 0.295. The van der Waals surface area contributed by atoms with Gasteiger partial charge in [-0.1, -0.05) is 19.1 Å². The molecule has 0 aliphatic rings. The lowest BCUT2D eigenvalue weighted by Crippen LogP contribution is -2.05. The Hall–Kier alpha value is -2.54. The Morgan fingerprint density at radius 2 is 1.90 bits per heavy atom. The van der Waals surface area contributed by atoms with E-state index in [1.54, 1.807) is 0 Å². The minimum Gasteiger partial charge on any atom is -0.494 e. The van der Waals surface area contributed by atoms with E-state index in [-0.39, 0.29) is 0 Å². The van der Waals surface area contributed by atoms with Crippen LogP contribution >= 0.6 is 0 Å². The van der Waals surface area contributed by atoms with E-state index in [0.717, 1.165) is 34.6 Å². The van der Waals surface area contributed by atoms with Gasteiger partial charge >= 0.3 is 0 Å². The molecule has 2 rings (SSSR count). The maximum atomic E-state index is 9.39. The quantitative estimate of drug-likeness (QED) is 0.931. The van der Waals surface area contributed by atoms with Crippen molar-refractivity contribution in [2.75, 3.05) is 12.3 Å². The van der Waals surface area contributed by atoms with E-state index in [4.69, 9.17) is 10.5 Å². The summed E-state index contributed by atoms with van der Waals surface area (Å²) in [7, 11) is 0. The molecule has 1 heterocycles. The lowest BCUT2D eigenvalue weighted by molar-refractivity contribution is 0.340. The van der Waals surface area contributed by atoms with Crippen LogP contribution in [-0.4, -0.2) is 11.6 Å². The second-order valence-corrected chi connectivity index (χ2v) is 4.74. The second-order valence-electron chi connectivity index (χ2n) is 4.74. The number of hydrogen-bond acceptors (Lipinski definition) is 4. The Morgan fingerprint density at radius 3 is 2.43 bits per heavy atom. The van der Waals surface area contributed by atoms with Crippen LogP contribution < -0.4 is 10.5 Å². The number of ether oxygens (including phenoxy) is 1. The highest BCUT2D eigenvalue weighted by Gasteiger charge is 2.16. The van der Waals surface area contributed by atoms with E-state index in [1.165, 1.54) is 0 Å². The number of nitriles is 1. The summed E-state index contributed by atoms with van der Waals surface area (Å²) in [5.74, 6) is 1.11. The van der Waals surface area contributed by atoms with Gasteiger partial charge in [-0.15, -0.1) is 0 Å². The van der Waals surface area contributed by atoms with Gasteiger partial charge < -0.3 is 10.5 Å². The van der Waals surface area contributed by atoms with Gasteiger partial charge in [0.25, 0.3) is 0 Å². The third kappa shape index (κ3) is 2.82. The summed E-state index contributed by atoms with van der Waals surface area (Å²) in [5.41, 5.74) is 10.1. The zero-order valence-electron chi connectivity index (χ0n) is 12.6. The molecule has 0 fully saturated rings. The Kier molecular flexibility index (Phi) is 4.44. The average molecular weight is 281 g/mol. The molecule has 0 saturated carbocycles. The van der Waals surface area contributed by atoms with Crippen LogP contribution in [0.2, 0.25) is 0 Å². The van der Waals surface area contributed by atoms with E-state index in [1.807, 2.05) is 45.0 Å². The van der Waals surface area contributed by atoms with Crippen molar-refractivity contribution >= 4 is 5.82 Å². The molecule has 0 aliphatic carbocycles. The molecular weight excluding hydrogens is 262 g/mol. The highest BCUT2D eigenvalue weighted by atomic mass is 16.5. The molecular formula is C17H19N3O. The third-order valence-electron chi connectivity index (χ3n) is 3.47. The number of benzene rings is 1. The maximum Gasteiger partial charge on any atom is 0.142 e. The van der Waals surface area contributed by atoms with Gasteiger partial charge in [-0.3, -0.25) is 0 Å². The van der Waals surface area contributed by atoms with Crippen molar-refractivity contribution in [3.8, 4) is 22.9 Å². The van der Waals surface area contributed by atoms with Crippen LogP contribution in [0.1, 0.15) is 30.7 Å². The Morgan fingerprint density at radius 1 is 1.24 bits per heavy atom. The summed E-state index contributed by atoms with van der Waals surface area (Å²) in [5, 5.41) is 9.39. The normalized spacial score (nSPS) is 10.2. The Labute approximate surface area is 125 Å². The molecule has 0 spiro atoms. The Bertz CT molecular complexity index is 684. The Balaban J connectivity index is 2.61. The summed E-state index contributed by atoms with van der Waals surface area (Å²) < 4.78 is 5.45.